The van der Waals surface area contributed by atoms with Crippen molar-refractivity contribution in [3.63, 3.8) is 0 Å². The molecule has 2 saturated carbocycles. The van der Waals surface area contributed by atoms with Crippen molar-refractivity contribution in [2.75, 3.05) is 0 Å². The molecule has 92 valence electrons. The van der Waals surface area contributed by atoms with E-state index in [2.05, 4.69) is 0 Å². The highest BCUT2D eigenvalue weighted by Gasteiger charge is 2.38. The summed E-state index contributed by atoms with van der Waals surface area (Å²) in [6.45, 7) is 0. The molecule has 0 saturated heterocycles. The highest BCUT2D eigenvalue weighted by molar-refractivity contribution is 7.92. The highest BCUT2D eigenvalue weighted by atomic mass is 32.2. The zero-order valence-electron chi connectivity index (χ0n) is 9.72. The van der Waals surface area contributed by atoms with Gasteiger partial charge in [0.05, 0.1) is 10.1 Å². The normalized spacial score (nSPS) is 22.4. The van der Waals surface area contributed by atoms with Gasteiger partial charge in [0.1, 0.15) is 0 Å². The fourth-order valence-electron chi connectivity index (χ4n) is 2.11. The Labute approximate surface area is 102 Å². The van der Waals surface area contributed by atoms with Crippen LogP contribution in [-0.2, 0) is 16.3 Å². The van der Waals surface area contributed by atoms with Gasteiger partial charge in [-0.25, -0.2) is 8.42 Å². The van der Waals surface area contributed by atoms with E-state index in [-0.39, 0.29) is 10.8 Å². The third-order valence-electron chi connectivity index (χ3n) is 3.66. The molecule has 0 spiro atoms. The number of hydrogen-bond acceptors (Lipinski definition) is 3. The maximum absolute atomic E-state index is 12.0. The van der Waals surface area contributed by atoms with Gasteiger partial charge in [0.25, 0.3) is 0 Å². The predicted octanol–water partition coefficient (Wildman–Crippen LogP) is 1.66. The summed E-state index contributed by atoms with van der Waals surface area (Å²) >= 11 is 0. The molecule has 0 radical (unpaired) electrons. The fraction of sp³-hybridized carbons (Fsp3) is 0.538. The van der Waals surface area contributed by atoms with E-state index in [1.807, 2.05) is 12.1 Å². The number of benzene rings is 1. The van der Waals surface area contributed by atoms with Gasteiger partial charge in [-0.3, -0.25) is 0 Å². The van der Waals surface area contributed by atoms with Crippen LogP contribution in [0.3, 0.4) is 0 Å². The monoisotopic (exact) mass is 251 g/mol. The minimum atomic E-state index is -3.04. The molecule has 3 rings (SSSR count). The van der Waals surface area contributed by atoms with E-state index in [0.717, 1.165) is 37.7 Å². The lowest BCUT2D eigenvalue weighted by Crippen LogP contribution is -2.24. The molecule has 0 amide bonds. The van der Waals surface area contributed by atoms with Crippen molar-refractivity contribution in [1.29, 1.82) is 0 Å². The van der Waals surface area contributed by atoms with Crippen molar-refractivity contribution in [2.24, 2.45) is 5.73 Å². The second-order valence-corrected chi connectivity index (χ2v) is 7.66. The molecule has 3 nitrogen and oxygen atoms in total. The van der Waals surface area contributed by atoms with Gasteiger partial charge < -0.3 is 5.73 Å². The Bertz CT molecular complexity index is 525. The van der Waals surface area contributed by atoms with Crippen molar-refractivity contribution in [1.82, 2.24) is 0 Å². The largest absolute Gasteiger partial charge is 0.325 e. The van der Waals surface area contributed by atoms with Gasteiger partial charge in [0, 0.05) is 5.54 Å². The zero-order chi connectivity index (χ0) is 12.1. The molecule has 2 N–H and O–H groups in total. The molecule has 2 aliphatic carbocycles. The highest BCUT2D eigenvalue weighted by Crippen LogP contribution is 2.36. The third kappa shape index (κ3) is 2.24. The second-order valence-electron chi connectivity index (χ2n) is 5.43. The standard InChI is InChI=1S/C13H17NO2S/c14-13(7-8-13)9-10-1-3-11(4-2-10)17(15,16)12-5-6-12/h1-4,12H,5-9,14H2. The Morgan fingerprint density at radius 3 is 2.24 bits per heavy atom. The van der Waals surface area contributed by atoms with Crippen molar-refractivity contribution in [3.8, 4) is 0 Å². The molecule has 0 aliphatic heterocycles. The number of hydrogen-bond donors (Lipinski definition) is 1. The van der Waals surface area contributed by atoms with Crippen LogP contribution in [0.4, 0.5) is 0 Å². The van der Waals surface area contributed by atoms with Gasteiger partial charge in [-0.2, -0.15) is 0 Å². The van der Waals surface area contributed by atoms with Crippen molar-refractivity contribution < 1.29 is 8.42 Å². The van der Waals surface area contributed by atoms with Crippen LogP contribution in [0.2, 0.25) is 0 Å². The number of rotatable bonds is 4. The average Bonchev–Trinajstić information content (AvgIpc) is 3.14. The van der Waals surface area contributed by atoms with Gasteiger partial charge in [-0.05, 0) is 49.8 Å². The molecule has 17 heavy (non-hydrogen) atoms. The lowest BCUT2D eigenvalue weighted by atomic mass is 10.1. The van der Waals surface area contributed by atoms with Crippen LogP contribution in [0.5, 0.6) is 0 Å². The molecular weight excluding hydrogens is 234 g/mol. The maximum atomic E-state index is 12.0. The van der Waals surface area contributed by atoms with E-state index in [4.69, 9.17) is 5.73 Å². The molecule has 0 bridgehead atoms. The van der Waals surface area contributed by atoms with Gasteiger partial charge in [0.15, 0.2) is 9.84 Å². The summed E-state index contributed by atoms with van der Waals surface area (Å²) in [5, 5.41) is -0.127. The first-order valence-corrected chi connectivity index (χ1v) is 7.66. The van der Waals surface area contributed by atoms with Crippen LogP contribution >= 0.6 is 0 Å². The summed E-state index contributed by atoms with van der Waals surface area (Å²) in [5.74, 6) is 0. The van der Waals surface area contributed by atoms with E-state index in [1.54, 1.807) is 12.1 Å². The first kappa shape index (κ1) is 11.2. The van der Waals surface area contributed by atoms with E-state index in [0.29, 0.717) is 4.90 Å². The summed E-state index contributed by atoms with van der Waals surface area (Å²) in [7, 11) is -3.04. The number of sulfone groups is 1. The average molecular weight is 251 g/mol. The van der Waals surface area contributed by atoms with Crippen LogP contribution < -0.4 is 5.73 Å². The van der Waals surface area contributed by atoms with Gasteiger partial charge in [-0.1, -0.05) is 12.1 Å². The molecule has 2 fully saturated rings. The molecule has 0 atom stereocenters. The van der Waals surface area contributed by atoms with Crippen molar-refractivity contribution in [2.45, 2.75) is 47.8 Å². The molecule has 1 aromatic rings. The molecule has 1 aromatic carbocycles. The first-order valence-electron chi connectivity index (χ1n) is 6.11. The van der Waals surface area contributed by atoms with E-state index < -0.39 is 9.84 Å². The van der Waals surface area contributed by atoms with Gasteiger partial charge in [0.2, 0.25) is 0 Å². The quantitative estimate of drug-likeness (QED) is 0.885. The first-order chi connectivity index (χ1) is 8.00. The SMILES string of the molecule is NC1(Cc2ccc(S(=O)(=O)C3CC3)cc2)CC1. The minimum Gasteiger partial charge on any atom is -0.325 e. The summed E-state index contributed by atoms with van der Waals surface area (Å²) in [4.78, 5) is 0.464. The third-order valence-corrected chi connectivity index (χ3v) is 5.94. The number of nitrogens with two attached hydrogens (primary N) is 1. The van der Waals surface area contributed by atoms with E-state index >= 15 is 0 Å². The molecule has 2 aliphatic rings. The molecule has 0 heterocycles. The van der Waals surface area contributed by atoms with Gasteiger partial charge in [-0.15, -0.1) is 0 Å². The van der Waals surface area contributed by atoms with Crippen LogP contribution in [0.25, 0.3) is 0 Å². The lowest BCUT2D eigenvalue weighted by Gasteiger charge is -2.09. The lowest BCUT2D eigenvalue weighted by molar-refractivity contribution is 0.594. The zero-order valence-corrected chi connectivity index (χ0v) is 10.5. The Balaban J connectivity index is 1.80. The van der Waals surface area contributed by atoms with Crippen molar-refractivity contribution in [3.05, 3.63) is 29.8 Å². The Morgan fingerprint density at radius 2 is 1.76 bits per heavy atom. The molecule has 0 unspecified atom stereocenters. The summed E-state index contributed by atoms with van der Waals surface area (Å²) in [6, 6.07) is 7.27. The summed E-state index contributed by atoms with van der Waals surface area (Å²) in [6.07, 6.45) is 4.65. The Morgan fingerprint density at radius 1 is 1.18 bits per heavy atom. The van der Waals surface area contributed by atoms with E-state index in [9.17, 15) is 8.42 Å². The summed E-state index contributed by atoms with van der Waals surface area (Å²) in [5.41, 5.74) is 7.16. The van der Waals surface area contributed by atoms with Crippen molar-refractivity contribution >= 4 is 9.84 Å². The molecule has 0 aromatic heterocycles. The molecular formula is C13H17NO2S. The van der Waals surface area contributed by atoms with Crippen LogP contribution in [0.1, 0.15) is 31.2 Å². The van der Waals surface area contributed by atoms with Crippen LogP contribution in [-0.4, -0.2) is 19.2 Å². The smallest absolute Gasteiger partial charge is 0.181 e. The maximum Gasteiger partial charge on any atom is 0.181 e. The Hall–Kier alpha value is -0.870. The van der Waals surface area contributed by atoms with Gasteiger partial charge >= 0.3 is 0 Å². The fourth-order valence-corrected chi connectivity index (χ4v) is 3.77. The van der Waals surface area contributed by atoms with Crippen LogP contribution in [0, 0.1) is 0 Å². The minimum absolute atomic E-state index is 0.0170. The van der Waals surface area contributed by atoms with E-state index in [1.165, 1.54) is 0 Å². The second kappa shape index (κ2) is 3.56. The summed E-state index contributed by atoms with van der Waals surface area (Å²) < 4.78 is 24.0. The topological polar surface area (TPSA) is 60.2 Å². The molecule has 4 heteroatoms. The van der Waals surface area contributed by atoms with Crippen LogP contribution in [0.15, 0.2) is 29.2 Å². The predicted molar refractivity (Wildman–Crippen MR) is 66.5 cm³/mol. The Kier molecular flexibility index (Phi) is 2.35.